The lowest BCUT2D eigenvalue weighted by atomic mass is 9.66. The van der Waals surface area contributed by atoms with E-state index in [1.165, 1.54) is 39.3 Å². The number of hydrogen-bond donors (Lipinski definition) is 6. The van der Waals surface area contributed by atoms with Crippen molar-refractivity contribution < 1.29 is 136 Å². The summed E-state index contributed by atoms with van der Waals surface area (Å²) in [7, 11) is -9.46. The first kappa shape index (κ1) is 73.7. The zero-order chi connectivity index (χ0) is 60.0. The van der Waals surface area contributed by atoms with Gasteiger partial charge in [0.25, 0.3) is 15.7 Å². The lowest BCUT2D eigenvalue weighted by Gasteiger charge is -2.47. The standard InChI is InChI=1S/C16H19F9O4.C10H15F3O3.C7H10F3NO4S.C7H13NO4S/c1-7(2)11(26)29-10-5-8(12(3,27)14(17,18)19)4-9(6-10)13(28,15(20,21)22)16(23,24)25;1-6(2)8(14)16-7(3)5-9(4,15)10(11,12)13;1-5(2)6(12)15-4-3-11-16(13,14)7(8,9)10;1-4-6(9)8-7(2,3)5-13(10,11)12/h8-10,27-28H,1,4-6H2,2-3H3;7,15H,1,5H2,2-4H3;11H,1,3-4H2,2H3;4H,1,5H2,2-3H3,(H,8,9)(H,10,11,12). The Labute approximate surface area is 415 Å². The van der Waals surface area contributed by atoms with Crippen molar-refractivity contribution in [3.63, 3.8) is 0 Å². The number of aliphatic hydroxyl groups is 3. The second-order valence-electron chi connectivity index (χ2n) is 17.4. The molecule has 1 aliphatic carbocycles. The normalized spacial score (nSPS) is 19.0. The fraction of sp³-hybridized carbons (Fsp3) is 0.700. The number of alkyl halides is 15. The number of carbonyl (C=O) groups is 4. The first-order chi connectivity index (χ1) is 32.4. The number of sulfonamides is 1. The molecular formula is C40H57F15N2O15S2. The van der Waals surface area contributed by atoms with Crippen LogP contribution in [0.4, 0.5) is 65.9 Å². The minimum Gasteiger partial charge on any atom is -0.461 e. The van der Waals surface area contributed by atoms with Crippen LogP contribution in [-0.2, 0) is 53.5 Å². The predicted octanol–water partition coefficient (Wildman–Crippen LogP) is 6.76. The van der Waals surface area contributed by atoms with Gasteiger partial charge in [-0.2, -0.15) is 74.3 Å². The quantitative estimate of drug-likeness (QED) is 0.0219. The number of halogens is 15. The van der Waals surface area contributed by atoms with Gasteiger partial charge in [-0.05, 0) is 80.7 Å². The van der Waals surface area contributed by atoms with Gasteiger partial charge in [0.05, 0.1) is 11.3 Å². The Balaban J connectivity index is -0.000000964. The third kappa shape index (κ3) is 24.4. The highest BCUT2D eigenvalue weighted by Gasteiger charge is 2.75. The molecule has 1 amide bonds. The average molecular weight is 1150 g/mol. The molecule has 6 atom stereocenters. The van der Waals surface area contributed by atoms with Crippen molar-refractivity contribution >= 4 is 44.0 Å². The molecule has 0 aromatic carbocycles. The van der Waals surface area contributed by atoms with Gasteiger partial charge in [-0.25, -0.2) is 27.5 Å². The summed E-state index contributed by atoms with van der Waals surface area (Å²) in [4.78, 5) is 44.2. The maximum atomic E-state index is 13.2. The Kier molecular flexibility index (Phi) is 26.9. The van der Waals surface area contributed by atoms with Crippen LogP contribution >= 0.6 is 0 Å². The molecule has 0 aromatic rings. The van der Waals surface area contributed by atoms with Gasteiger partial charge in [0.2, 0.25) is 5.91 Å². The summed E-state index contributed by atoms with van der Waals surface area (Å²) in [5, 5.41) is 30.9. The van der Waals surface area contributed by atoms with Crippen LogP contribution in [0.1, 0.15) is 81.1 Å². The largest absolute Gasteiger partial charge is 0.511 e. The molecule has 0 saturated heterocycles. The van der Waals surface area contributed by atoms with Crippen molar-refractivity contribution in [3.05, 3.63) is 49.1 Å². The smallest absolute Gasteiger partial charge is 0.461 e. The monoisotopic (exact) mass is 1150 g/mol. The van der Waals surface area contributed by atoms with Gasteiger partial charge in [-0.1, -0.05) is 26.3 Å². The van der Waals surface area contributed by atoms with E-state index in [4.69, 9.17) is 9.66 Å². The molecule has 0 bridgehead atoms. The van der Waals surface area contributed by atoms with Crippen LogP contribution in [0.25, 0.3) is 0 Å². The highest BCUT2D eigenvalue weighted by atomic mass is 32.2. The van der Waals surface area contributed by atoms with Crippen molar-refractivity contribution in [2.45, 2.75) is 146 Å². The molecular weight excluding hydrogens is 1100 g/mol. The summed E-state index contributed by atoms with van der Waals surface area (Å²) in [5.41, 5.74) is -18.4. The van der Waals surface area contributed by atoms with Gasteiger partial charge >= 0.3 is 58.1 Å². The number of hydrogen-bond acceptors (Lipinski definition) is 14. The molecule has 34 heteroatoms. The van der Waals surface area contributed by atoms with E-state index in [-0.39, 0.29) is 23.6 Å². The number of nitrogens with one attached hydrogen (secondary N) is 2. The molecule has 0 aromatic heterocycles. The number of ether oxygens (including phenoxy) is 3. The van der Waals surface area contributed by atoms with Gasteiger partial charge in [0.15, 0.2) is 11.2 Å². The summed E-state index contributed by atoms with van der Waals surface area (Å²) in [6.45, 7) is 20.7. The molecule has 0 aliphatic heterocycles. The Morgan fingerprint density at radius 2 is 1.09 bits per heavy atom. The van der Waals surface area contributed by atoms with Crippen LogP contribution in [-0.4, -0.2) is 144 Å². The van der Waals surface area contributed by atoms with Gasteiger partial charge < -0.3 is 34.8 Å². The number of amides is 1. The molecule has 1 fully saturated rings. The Hall–Kier alpha value is -4.51. The van der Waals surface area contributed by atoms with Crippen LogP contribution in [0.15, 0.2) is 49.1 Å². The predicted molar refractivity (Wildman–Crippen MR) is 229 cm³/mol. The maximum Gasteiger partial charge on any atom is 0.511 e. The third-order valence-corrected chi connectivity index (χ3v) is 11.8. The molecule has 17 nitrogen and oxygen atoms in total. The molecule has 1 aliphatic rings. The number of rotatable bonds is 17. The molecule has 0 heterocycles. The SMILES string of the molecule is C=C(C)C(=O)OC(C)CC(C)(O)C(F)(F)F.C=C(C)C(=O)OC1CC(C(C)(O)C(F)(F)F)CC(C(O)(C(F)(F)F)C(F)(F)F)C1.C=C(C)C(=O)OCCNS(=O)(=O)C(F)(F)F.C=CC(=O)NC(C)(C)CS(=O)(=O)O. The number of esters is 3. The lowest BCUT2D eigenvalue weighted by molar-refractivity contribution is -0.391. The summed E-state index contributed by atoms with van der Waals surface area (Å²) in [5.74, 6) is -8.91. The zero-order valence-corrected chi connectivity index (χ0v) is 42.1. The highest BCUT2D eigenvalue weighted by molar-refractivity contribution is 7.90. The van der Waals surface area contributed by atoms with Crippen molar-refractivity contribution in [2.75, 3.05) is 18.9 Å². The minimum absolute atomic E-state index is 0.0682. The van der Waals surface area contributed by atoms with E-state index < -0.39 is 165 Å². The van der Waals surface area contributed by atoms with Crippen LogP contribution in [0.3, 0.4) is 0 Å². The Morgan fingerprint density at radius 3 is 1.43 bits per heavy atom. The molecule has 0 spiro atoms. The molecule has 74 heavy (non-hydrogen) atoms. The molecule has 0 radical (unpaired) electrons. The average Bonchev–Trinajstić information content (AvgIpc) is 3.15. The maximum absolute atomic E-state index is 13.2. The van der Waals surface area contributed by atoms with Gasteiger partial charge in [0, 0.05) is 41.5 Å². The summed E-state index contributed by atoms with van der Waals surface area (Å²) >= 11 is 0. The highest BCUT2D eigenvalue weighted by Crippen LogP contribution is 2.55. The minimum atomic E-state index is -6.29. The fourth-order valence-corrected chi connectivity index (χ4v) is 7.17. The topological polar surface area (TPSA) is 269 Å². The zero-order valence-electron chi connectivity index (χ0n) is 40.4. The van der Waals surface area contributed by atoms with Crippen molar-refractivity contribution in [2.24, 2.45) is 11.8 Å². The summed E-state index contributed by atoms with van der Waals surface area (Å²) in [6, 6.07) is 0. The number of carbonyl (C=O) groups excluding carboxylic acids is 4. The molecule has 434 valence electrons. The van der Waals surface area contributed by atoms with E-state index in [1.54, 1.807) is 0 Å². The van der Waals surface area contributed by atoms with E-state index in [1.807, 2.05) is 0 Å². The van der Waals surface area contributed by atoms with E-state index in [2.05, 4.69) is 45.8 Å². The van der Waals surface area contributed by atoms with Gasteiger partial charge in [-0.3, -0.25) is 9.35 Å². The van der Waals surface area contributed by atoms with Crippen molar-refractivity contribution in [3.8, 4) is 0 Å². The van der Waals surface area contributed by atoms with E-state index >= 15 is 0 Å². The van der Waals surface area contributed by atoms with Crippen LogP contribution in [0.2, 0.25) is 0 Å². The Bertz CT molecular complexity index is 2190. The van der Waals surface area contributed by atoms with Gasteiger partial charge in [-0.15, -0.1) is 0 Å². The van der Waals surface area contributed by atoms with E-state index in [0.29, 0.717) is 6.92 Å². The molecule has 1 rings (SSSR count). The van der Waals surface area contributed by atoms with Gasteiger partial charge in [0.1, 0.15) is 18.8 Å². The second-order valence-corrected chi connectivity index (χ2v) is 20.6. The Morgan fingerprint density at radius 1 is 0.676 bits per heavy atom. The van der Waals surface area contributed by atoms with Crippen LogP contribution in [0, 0.1) is 11.8 Å². The van der Waals surface area contributed by atoms with E-state index in [9.17, 15) is 112 Å². The first-order valence-corrected chi connectivity index (χ1v) is 23.4. The second kappa shape index (κ2) is 27.0. The van der Waals surface area contributed by atoms with Crippen LogP contribution < -0.4 is 10.0 Å². The molecule has 1 saturated carbocycles. The first-order valence-electron chi connectivity index (χ1n) is 20.3. The fourth-order valence-electron chi connectivity index (χ4n) is 5.67. The van der Waals surface area contributed by atoms with E-state index in [0.717, 1.165) is 13.0 Å². The molecule has 6 unspecified atom stereocenters. The molecule has 6 N–H and O–H groups in total. The van der Waals surface area contributed by atoms with Crippen molar-refractivity contribution in [1.29, 1.82) is 0 Å². The van der Waals surface area contributed by atoms with Crippen LogP contribution in [0.5, 0.6) is 0 Å². The van der Waals surface area contributed by atoms with Crippen molar-refractivity contribution in [1.82, 2.24) is 10.0 Å². The summed E-state index contributed by atoms with van der Waals surface area (Å²) < 4.78 is 256. The lowest BCUT2D eigenvalue weighted by Crippen LogP contribution is -2.64. The summed E-state index contributed by atoms with van der Waals surface area (Å²) in [6.07, 6.45) is -28.9. The third-order valence-electron chi connectivity index (χ3n) is 9.53.